The summed E-state index contributed by atoms with van der Waals surface area (Å²) in [7, 11) is 0. The minimum atomic E-state index is -0.620. The van der Waals surface area contributed by atoms with Gasteiger partial charge in [-0.05, 0) is 44.8 Å². The number of allylic oxidation sites excluding steroid dienone is 4. The van der Waals surface area contributed by atoms with Crippen LogP contribution >= 0.6 is 0 Å². The van der Waals surface area contributed by atoms with Gasteiger partial charge < -0.3 is 16.4 Å². The van der Waals surface area contributed by atoms with Gasteiger partial charge in [0.15, 0.2) is 5.78 Å². The van der Waals surface area contributed by atoms with Gasteiger partial charge in [-0.15, -0.1) is 0 Å². The van der Waals surface area contributed by atoms with Crippen LogP contribution in [-0.4, -0.2) is 36.7 Å². The number of amides is 2. The molecule has 0 saturated carbocycles. The lowest BCUT2D eigenvalue weighted by Crippen LogP contribution is -2.44. The maximum Gasteiger partial charge on any atom is 0.240 e. The van der Waals surface area contributed by atoms with Crippen molar-refractivity contribution in [2.75, 3.05) is 13.1 Å². The van der Waals surface area contributed by atoms with E-state index < -0.39 is 11.9 Å². The molecular formula is C17H27N3O3. The highest BCUT2D eigenvalue weighted by molar-refractivity contribution is 5.91. The Bertz CT molecular complexity index is 483. The zero-order chi connectivity index (χ0) is 17.1. The first kappa shape index (κ1) is 19.1. The summed E-state index contributed by atoms with van der Waals surface area (Å²) >= 11 is 0. The fourth-order valence-corrected chi connectivity index (χ4v) is 2.38. The summed E-state index contributed by atoms with van der Waals surface area (Å²) < 4.78 is 0. The summed E-state index contributed by atoms with van der Waals surface area (Å²) in [6.45, 7) is 3.68. The van der Waals surface area contributed by atoms with Gasteiger partial charge in [0, 0.05) is 12.8 Å². The third-order valence-corrected chi connectivity index (χ3v) is 3.72. The first-order chi connectivity index (χ1) is 11.0. The number of nitrogens with one attached hydrogen (secondary N) is 2. The van der Waals surface area contributed by atoms with Gasteiger partial charge in [0.1, 0.15) is 6.04 Å². The largest absolute Gasteiger partial charge is 0.368 e. The predicted molar refractivity (Wildman–Crippen MR) is 89.6 cm³/mol. The number of carbonyl (C=O) groups is 3. The maximum atomic E-state index is 12.0. The lowest BCUT2D eigenvalue weighted by Gasteiger charge is -2.15. The summed E-state index contributed by atoms with van der Waals surface area (Å²) in [6, 6.07) is -0.620. The molecule has 0 aromatic heterocycles. The molecule has 0 saturated heterocycles. The highest BCUT2D eigenvalue weighted by atomic mass is 16.2. The van der Waals surface area contributed by atoms with Gasteiger partial charge >= 0.3 is 0 Å². The smallest absolute Gasteiger partial charge is 0.240 e. The van der Waals surface area contributed by atoms with Crippen molar-refractivity contribution >= 4 is 17.6 Å². The van der Waals surface area contributed by atoms with Gasteiger partial charge in [-0.2, -0.15) is 0 Å². The molecule has 0 aliphatic heterocycles. The Labute approximate surface area is 137 Å². The number of nitrogens with two attached hydrogens (primary N) is 1. The Hall–Kier alpha value is -1.95. The molecule has 1 aliphatic carbocycles. The summed E-state index contributed by atoms with van der Waals surface area (Å²) in [5, 5.41) is 5.87. The maximum absolute atomic E-state index is 12.0. The van der Waals surface area contributed by atoms with Crippen LogP contribution in [0.25, 0.3) is 0 Å². The highest BCUT2D eigenvalue weighted by Gasteiger charge is 2.17. The first-order valence-electron chi connectivity index (χ1n) is 8.19. The molecule has 2 amide bonds. The van der Waals surface area contributed by atoms with Gasteiger partial charge in [0.2, 0.25) is 11.8 Å². The number of hydrogen-bond acceptors (Lipinski definition) is 4. The molecule has 1 rings (SSSR count). The fraction of sp³-hybridized carbons (Fsp3) is 0.588. The molecule has 0 spiro atoms. The number of carbonyl (C=O) groups excluding carboxylic acids is 3. The van der Waals surface area contributed by atoms with E-state index in [9.17, 15) is 14.4 Å². The molecule has 0 heterocycles. The van der Waals surface area contributed by atoms with Crippen LogP contribution in [0.15, 0.2) is 23.8 Å². The summed E-state index contributed by atoms with van der Waals surface area (Å²) in [4.78, 5) is 34.7. The van der Waals surface area contributed by atoms with Gasteiger partial charge in [-0.3, -0.25) is 14.4 Å². The Morgan fingerprint density at radius 2 is 2.13 bits per heavy atom. The quantitative estimate of drug-likeness (QED) is 0.412. The summed E-state index contributed by atoms with van der Waals surface area (Å²) in [5.41, 5.74) is 6.42. The standard InChI is InChI=1S/C17H27N3O3/c1-2-19-12-4-7-15(17(18)23)20-16(22)11-9-13-5-3-6-14(21)10-8-13/h3,6,8,15,19H,2,4-5,7,9-12H2,1H3,(H2,18,23)(H,20,22). The molecular weight excluding hydrogens is 294 g/mol. The minimum absolute atomic E-state index is 0.0823. The summed E-state index contributed by atoms with van der Waals surface area (Å²) in [6.07, 6.45) is 8.58. The Balaban J connectivity index is 2.36. The van der Waals surface area contributed by atoms with Crippen LogP contribution in [0.4, 0.5) is 0 Å². The average Bonchev–Trinajstić information content (AvgIpc) is 2.72. The fourth-order valence-electron chi connectivity index (χ4n) is 2.38. The van der Waals surface area contributed by atoms with Gasteiger partial charge in [0.25, 0.3) is 0 Å². The normalized spacial score (nSPS) is 15.7. The van der Waals surface area contributed by atoms with Crippen LogP contribution in [0, 0.1) is 0 Å². The van der Waals surface area contributed by atoms with Crippen LogP contribution < -0.4 is 16.4 Å². The third-order valence-electron chi connectivity index (χ3n) is 3.72. The lowest BCUT2D eigenvalue weighted by molar-refractivity contribution is -0.127. The first-order valence-corrected chi connectivity index (χ1v) is 8.19. The molecule has 23 heavy (non-hydrogen) atoms. The average molecular weight is 321 g/mol. The van der Waals surface area contributed by atoms with E-state index in [4.69, 9.17) is 5.73 Å². The molecule has 6 heteroatoms. The molecule has 1 atom stereocenters. The SMILES string of the molecule is CCNCCCC(NC(=O)CCC1=CCC(=O)C=CC1)C(N)=O. The van der Waals surface area contributed by atoms with E-state index in [1.165, 1.54) is 0 Å². The molecule has 128 valence electrons. The van der Waals surface area contributed by atoms with E-state index in [0.29, 0.717) is 32.1 Å². The van der Waals surface area contributed by atoms with Crippen molar-refractivity contribution in [1.82, 2.24) is 10.6 Å². The van der Waals surface area contributed by atoms with Crippen molar-refractivity contribution in [1.29, 1.82) is 0 Å². The zero-order valence-electron chi connectivity index (χ0n) is 13.8. The number of hydrogen-bond donors (Lipinski definition) is 3. The van der Waals surface area contributed by atoms with E-state index >= 15 is 0 Å². The second kappa shape index (κ2) is 10.7. The predicted octanol–water partition coefficient (Wildman–Crippen LogP) is 0.972. The van der Waals surface area contributed by atoms with Crippen molar-refractivity contribution in [3.05, 3.63) is 23.8 Å². The number of primary amides is 1. The Kier molecular flexibility index (Phi) is 8.90. The van der Waals surface area contributed by atoms with Crippen LogP contribution in [0.2, 0.25) is 0 Å². The minimum Gasteiger partial charge on any atom is -0.368 e. The topological polar surface area (TPSA) is 101 Å². The van der Waals surface area contributed by atoms with Crippen molar-refractivity contribution in [3.63, 3.8) is 0 Å². The molecule has 0 bridgehead atoms. The highest BCUT2D eigenvalue weighted by Crippen LogP contribution is 2.15. The molecule has 0 radical (unpaired) electrons. The van der Waals surface area contributed by atoms with E-state index in [0.717, 1.165) is 25.1 Å². The lowest BCUT2D eigenvalue weighted by atomic mass is 10.1. The summed E-state index contributed by atoms with van der Waals surface area (Å²) in [5.74, 6) is -0.603. The zero-order valence-corrected chi connectivity index (χ0v) is 13.8. The molecule has 0 fully saturated rings. The van der Waals surface area contributed by atoms with Crippen LogP contribution in [0.1, 0.15) is 45.4 Å². The monoisotopic (exact) mass is 321 g/mol. The van der Waals surface area contributed by atoms with Crippen LogP contribution in [-0.2, 0) is 14.4 Å². The van der Waals surface area contributed by atoms with Crippen molar-refractivity contribution < 1.29 is 14.4 Å². The second-order valence-corrected chi connectivity index (χ2v) is 5.66. The van der Waals surface area contributed by atoms with E-state index in [1.807, 2.05) is 19.1 Å². The van der Waals surface area contributed by atoms with E-state index in [1.54, 1.807) is 6.08 Å². The molecule has 6 nitrogen and oxygen atoms in total. The van der Waals surface area contributed by atoms with Crippen molar-refractivity contribution in [2.24, 2.45) is 5.73 Å². The molecule has 0 aromatic rings. The molecule has 4 N–H and O–H groups in total. The van der Waals surface area contributed by atoms with Crippen LogP contribution in [0.3, 0.4) is 0 Å². The van der Waals surface area contributed by atoms with Crippen LogP contribution in [0.5, 0.6) is 0 Å². The third kappa shape index (κ3) is 8.30. The van der Waals surface area contributed by atoms with Crippen molar-refractivity contribution in [3.8, 4) is 0 Å². The van der Waals surface area contributed by atoms with Crippen molar-refractivity contribution in [2.45, 2.75) is 51.5 Å². The molecule has 1 unspecified atom stereocenters. The number of ketones is 1. The van der Waals surface area contributed by atoms with E-state index in [-0.39, 0.29) is 11.7 Å². The van der Waals surface area contributed by atoms with Gasteiger partial charge in [0.05, 0.1) is 0 Å². The van der Waals surface area contributed by atoms with Gasteiger partial charge in [-0.25, -0.2) is 0 Å². The van der Waals surface area contributed by atoms with E-state index in [2.05, 4.69) is 10.6 Å². The Morgan fingerprint density at radius 3 is 2.83 bits per heavy atom. The second-order valence-electron chi connectivity index (χ2n) is 5.66. The Morgan fingerprint density at radius 1 is 1.35 bits per heavy atom. The molecule has 0 aromatic carbocycles. The number of rotatable bonds is 10. The molecule has 1 aliphatic rings. The van der Waals surface area contributed by atoms with Gasteiger partial charge in [-0.1, -0.05) is 24.6 Å².